The van der Waals surface area contributed by atoms with E-state index in [1.54, 1.807) is 6.07 Å². The number of aromatic nitrogens is 2. The summed E-state index contributed by atoms with van der Waals surface area (Å²) in [5.74, 6) is 2.08. The Morgan fingerprint density at radius 1 is 1.33 bits per heavy atom. The van der Waals surface area contributed by atoms with Crippen molar-refractivity contribution in [3.8, 4) is 17.2 Å². The molecule has 1 aromatic heterocycles. The van der Waals surface area contributed by atoms with Crippen molar-refractivity contribution < 1.29 is 19.3 Å². The molecular formula is C17H21N3O4. The highest BCUT2D eigenvalue weighted by Crippen LogP contribution is 2.35. The average molecular weight is 331 g/mol. The maximum atomic E-state index is 10.2. The fourth-order valence-corrected chi connectivity index (χ4v) is 3.00. The van der Waals surface area contributed by atoms with Crippen molar-refractivity contribution in [2.24, 2.45) is 0 Å². The van der Waals surface area contributed by atoms with Crippen molar-refractivity contribution in [1.29, 1.82) is 0 Å². The molecule has 1 aromatic carbocycles. The van der Waals surface area contributed by atoms with Crippen LogP contribution in [0.1, 0.15) is 11.6 Å². The van der Waals surface area contributed by atoms with Gasteiger partial charge in [-0.1, -0.05) is 0 Å². The number of rotatable bonds is 6. The Kier molecular flexibility index (Phi) is 4.03. The number of ether oxygens (including phenoxy) is 3. The summed E-state index contributed by atoms with van der Waals surface area (Å²) in [6, 6.07) is 5.82. The molecule has 0 amide bonds. The zero-order chi connectivity index (χ0) is 16.5. The Bertz CT molecular complexity index is 712. The average Bonchev–Trinajstić information content (AvgIpc) is 3.16. The molecular weight excluding hydrogens is 310 g/mol. The minimum Gasteiger partial charge on any atom is -0.491 e. The topological polar surface area (TPSA) is 69.0 Å². The molecule has 1 atom stereocenters. The monoisotopic (exact) mass is 331 g/mol. The summed E-state index contributed by atoms with van der Waals surface area (Å²) in [6.45, 7) is 4.94. The van der Waals surface area contributed by atoms with Crippen LogP contribution in [0.25, 0.3) is 0 Å². The summed E-state index contributed by atoms with van der Waals surface area (Å²) >= 11 is 0. The molecule has 1 fully saturated rings. The zero-order valence-corrected chi connectivity index (χ0v) is 13.6. The Morgan fingerprint density at radius 3 is 2.96 bits per heavy atom. The quantitative estimate of drug-likeness (QED) is 0.858. The van der Waals surface area contributed by atoms with E-state index in [0.29, 0.717) is 24.1 Å². The molecule has 3 heterocycles. The summed E-state index contributed by atoms with van der Waals surface area (Å²) in [7, 11) is 0. The van der Waals surface area contributed by atoms with Gasteiger partial charge in [0.15, 0.2) is 11.5 Å². The van der Waals surface area contributed by atoms with E-state index in [0.717, 1.165) is 18.8 Å². The first-order valence-electron chi connectivity index (χ1n) is 8.11. The van der Waals surface area contributed by atoms with Gasteiger partial charge in [-0.15, -0.1) is 0 Å². The number of benzene rings is 1. The number of β-amino-alcohol motifs (C(OH)–C–C–N with tert-alkyl or cyclic N) is 1. The first-order valence-corrected chi connectivity index (χ1v) is 8.11. The van der Waals surface area contributed by atoms with E-state index in [-0.39, 0.29) is 13.4 Å². The van der Waals surface area contributed by atoms with E-state index in [4.69, 9.17) is 14.2 Å². The molecule has 0 unspecified atom stereocenters. The number of likely N-dealkylation sites (tertiary alicyclic amines) is 1. The van der Waals surface area contributed by atoms with Crippen molar-refractivity contribution in [3.63, 3.8) is 0 Å². The van der Waals surface area contributed by atoms with Gasteiger partial charge in [-0.2, -0.15) is 5.10 Å². The number of aryl methyl sites for hydroxylation is 1. The summed E-state index contributed by atoms with van der Waals surface area (Å²) in [4.78, 5) is 2.20. The third-order valence-corrected chi connectivity index (χ3v) is 4.30. The van der Waals surface area contributed by atoms with Crippen LogP contribution >= 0.6 is 0 Å². The maximum absolute atomic E-state index is 10.2. The number of aliphatic hydroxyl groups is 1. The van der Waals surface area contributed by atoms with E-state index in [1.165, 1.54) is 5.56 Å². The van der Waals surface area contributed by atoms with E-state index < -0.39 is 6.10 Å². The van der Waals surface area contributed by atoms with Crippen molar-refractivity contribution in [2.45, 2.75) is 19.1 Å². The minimum atomic E-state index is -0.532. The molecule has 0 radical (unpaired) electrons. The lowest BCUT2D eigenvalue weighted by Crippen LogP contribution is -2.51. The summed E-state index contributed by atoms with van der Waals surface area (Å²) in [6.07, 6.45) is 3.40. The highest BCUT2D eigenvalue weighted by atomic mass is 16.7. The number of fused-ring (bicyclic) bond motifs is 1. The Morgan fingerprint density at radius 2 is 2.17 bits per heavy atom. The second-order valence-corrected chi connectivity index (χ2v) is 6.35. The molecule has 2 aromatic rings. The van der Waals surface area contributed by atoms with Crippen LogP contribution in [-0.4, -0.2) is 58.9 Å². The minimum absolute atomic E-state index is 0.243. The zero-order valence-electron chi connectivity index (χ0n) is 13.6. The second-order valence-electron chi connectivity index (χ2n) is 6.35. The second kappa shape index (κ2) is 6.33. The summed E-state index contributed by atoms with van der Waals surface area (Å²) < 4.78 is 18.2. The molecule has 128 valence electrons. The van der Waals surface area contributed by atoms with Crippen LogP contribution in [0.3, 0.4) is 0 Å². The van der Waals surface area contributed by atoms with Gasteiger partial charge in [0.2, 0.25) is 6.79 Å². The van der Waals surface area contributed by atoms with E-state index in [9.17, 15) is 5.11 Å². The van der Waals surface area contributed by atoms with E-state index >= 15 is 0 Å². The van der Waals surface area contributed by atoms with Crippen LogP contribution in [0, 0.1) is 6.92 Å². The van der Waals surface area contributed by atoms with Crippen LogP contribution < -0.4 is 14.2 Å². The van der Waals surface area contributed by atoms with Gasteiger partial charge in [-0.05, 0) is 24.6 Å². The van der Waals surface area contributed by atoms with Crippen LogP contribution in [0.15, 0.2) is 30.6 Å². The predicted molar refractivity (Wildman–Crippen MR) is 86.5 cm³/mol. The van der Waals surface area contributed by atoms with Crippen LogP contribution in [0.2, 0.25) is 0 Å². The molecule has 0 aliphatic carbocycles. The third kappa shape index (κ3) is 3.18. The van der Waals surface area contributed by atoms with Gasteiger partial charge in [-0.3, -0.25) is 9.58 Å². The first-order chi connectivity index (χ1) is 11.7. The van der Waals surface area contributed by atoms with Gasteiger partial charge >= 0.3 is 0 Å². The van der Waals surface area contributed by atoms with Gasteiger partial charge < -0.3 is 19.3 Å². The van der Waals surface area contributed by atoms with Gasteiger partial charge in [0.1, 0.15) is 18.5 Å². The van der Waals surface area contributed by atoms with Gasteiger partial charge in [0.25, 0.3) is 0 Å². The Labute approximate surface area is 140 Å². The molecule has 2 aliphatic rings. The highest BCUT2D eigenvalue weighted by Gasteiger charge is 2.30. The SMILES string of the molecule is Cc1cnn(C2CN(C[C@H](O)COc3ccc4c(c3)OCO4)C2)c1. The highest BCUT2D eigenvalue weighted by molar-refractivity contribution is 5.46. The van der Waals surface area contributed by atoms with E-state index in [2.05, 4.69) is 16.2 Å². The van der Waals surface area contributed by atoms with Crippen LogP contribution in [0.4, 0.5) is 0 Å². The molecule has 0 bridgehead atoms. The molecule has 1 saturated heterocycles. The molecule has 7 nitrogen and oxygen atoms in total. The molecule has 24 heavy (non-hydrogen) atoms. The number of aliphatic hydroxyl groups excluding tert-OH is 1. The summed E-state index contributed by atoms with van der Waals surface area (Å²) in [5.41, 5.74) is 1.17. The number of nitrogens with zero attached hydrogens (tertiary/aromatic N) is 3. The van der Waals surface area contributed by atoms with Gasteiger partial charge in [-0.25, -0.2) is 0 Å². The van der Waals surface area contributed by atoms with E-state index in [1.807, 2.05) is 29.9 Å². The Balaban J connectivity index is 1.21. The maximum Gasteiger partial charge on any atom is 0.231 e. The summed E-state index contributed by atoms with van der Waals surface area (Å²) in [5, 5.41) is 14.5. The smallest absolute Gasteiger partial charge is 0.231 e. The number of hydrogen-bond acceptors (Lipinski definition) is 6. The normalized spacial score (nSPS) is 18.4. The van der Waals surface area contributed by atoms with Crippen LogP contribution in [-0.2, 0) is 0 Å². The molecule has 4 rings (SSSR count). The lowest BCUT2D eigenvalue weighted by atomic mass is 10.1. The predicted octanol–water partition coefficient (Wildman–Crippen LogP) is 1.22. The number of hydrogen-bond donors (Lipinski definition) is 1. The van der Waals surface area contributed by atoms with Crippen molar-refractivity contribution >= 4 is 0 Å². The van der Waals surface area contributed by atoms with Crippen molar-refractivity contribution in [2.75, 3.05) is 33.0 Å². The molecule has 1 N–H and O–H groups in total. The molecule has 0 spiro atoms. The third-order valence-electron chi connectivity index (χ3n) is 4.30. The van der Waals surface area contributed by atoms with Gasteiger partial charge in [0, 0.05) is 31.9 Å². The van der Waals surface area contributed by atoms with Crippen molar-refractivity contribution in [1.82, 2.24) is 14.7 Å². The fraction of sp³-hybridized carbons (Fsp3) is 0.471. The largest absolute Gasteiger partial charge is 0.491 e. The van der Waals surface area contributed by atoms with Gasteiger partial charge in [0.05, 0.1) is 12.2 Å². The fourth-order valence-electron chi connectivity index (χ4n) is 3.00. The lowest BCUT2D eigenvalue weighted by Gasteiger charge is -2.40. The van der Waals surface area contributed by atoms with Crippen molar-refractivity contribution in [3.05, 3.63) is 36.2 Å². The van der Waals surface area contributed by atoms with Crippen LogP contribution in [0.5, 0.6) is 17.2 Å². The molecule has 2 aliphatic heterocycles. The first kappa shape index (κ1) is 15.3. The Hall–Kier alpha value is -2.25. The molecule has 7 heteroatoms. The molecule has 0 saturated carbocycles. The standard InChI is InChI=1S/C17H21N3O4/c1-12-5-18-20(6-12)13-7-19(8-13)9-14(21)10-22-15-2-3-16-17(4-15)24-11-23-16/h2-6,13-14,21H,7-11H2,1H3/t14-/m0/s1. The lowest BCUT2D eigenvalue weighted by molar-refractivity contribution is 0.0204.